The van der Waals surface area contributed by atoms with E-state index in [2.05, 4.69) is 170 Å². The first-order chi connectivity index (χ1) is 38.1. The molecule has 0 saturated carbocycles. The Kier molecular flexibility index (Phi) is 11.9. The second kappa shape index (κ2) is 20.2. The number of aromatic nitrogens is 2. The number of hydrogen-bond donors (Lipinski definition) is 0. The van der Waals surface area contributed by atoms with E-state index in [4.69, 9.17) is 9.72 Å². The Hall–Kier alpha value is -8.76. The van der Waals surface area contributed by atoms with Crippen LogP contribution in [0.5, 0.6) is 11.5 Å². The van der Waals surface area contributed by atoms with Crippen LogP contribution in [0.2, 0.25) is 0 Å². The maximum atomic E-state index is 9.53. The summed E-state index contributed by atoms with van der Waals surface area (Å²) in [4.78, 5) is 9.29. The monoisotopic (exact) mass is 1160 g/mol. The summed E-state index contributed by atoms with van der Waals surface area (Å²) in [5.74, 6) is 1.05. The van der Waals surface area contributed by atoms with Gasteiger partial charge < -0.3 is 19.1 Å². The van der Waals surface area contributed by atoms with Crippen LogP contribution in [0.3, 0.4) is 0 Å². The van der Waals surface area contributed by atoms with Crippen LogP contribution in [0, 0.1) is 18.8 Å². The Morgan fingerprint density at radius 2 is 1.04 bits per heavy atom. The smallest absolute Gasteiger partial charge is 0.135 e. The molecule has 0 fully saturated rings. The van der Waals surface area contributed by atoms with Gasteiger partial charge in [0.25, 0.3) is 0 Å². The number of para-hydroxylation sites is 3. The molecule has 2 aromatic heterocycles. The maximum Gasteiger partial charge on any atom is 0.135 e. The zero-order chi connectivity index (χ0) is 53.1. The molecule has 0 amide bonds. The molecule has 0 atom stereocenters. The Bertz CT molecular complexity index is 4170. The van der Waals surface area contributed by atoms with Gasteiger partial charge >= 0.3 is 0 Å². The van der Waals surface area contributed by atoms with Crippen LogP contribution in [0.4, 0.5) is 22.7 Å². The Morgan fingerprint density at radius 1 is 0.500 bits per heavy atom. The maximum absolute atomic E-state index is 9.53. The number of fused-ring (bicyclic) bond motifs is 4. The number of ether oxygens (including phenoxy) is 1. The molecule has 13 rings (SSSR count). The van der Waals surface area contributed by atoms with Crippen LogP contribution in [0.25, 0.3) is 83.3 Å². The molecule has 0 N–H and O–H groups in total. The van der Waals surface area contributed by atoms with Gasteiger partial charge in [-0.2, -0.15) is 12.1 Å². The molecule has 10 aromatic carbocycles. The molecule has 0 bridgehead atoms. The molecule has 370 valence electrons. The third kappa shape index (κ3) is 8.87. The van der Waals surface area contributed by atoms with Gasteiger partial charge in [0.15, 0.2) is 0 Å². The first-order valence-electron chi connectivity index (χ1n) is 26.8. The van der Waals surface area contributed by atoms with Crippen molar-refractivity contribution in [1.82, 2.24) is 9.55 Å². The van der Waals surface area contributed by atoms with E-state index in [-0.39, 0.29) is 56.0 Å². The summed E-state index contributed by atoms with van der Waals surface area (Å²) < 4.78 is 37.6. The molecule has 0 spiro atoms. The predicted octanol–water partition coefficient (Wildman–Crippen LogP) is 18.6. The van der Waals surface area contributed by atoms with Crippen molar-refractivity contribution >= 4 is 44.6 Å². The van der Waals surface area contributed by atoms with Gasteiger partial charge in [-0.1, -0.05) is 232 Å². The summed E-state index contributed by atoms with van der Waals surface area (Å²) in [6.45, 7) is 8.66. The third-order valence-electron chi connectivity index (χ3n) is 14.1. The number of nitrogens with zero attached hydrogens (tertiary/aromatic N) is 4. The number of rotatable bonds is 10. The van der Waals surface area contributed by atoms with Crippen LogP contribution >= 0.6 is 0 Å². The van der Waals surface area contributed by atoms with Crippen molar-refractivity contribution in [3.8, 4) is 73.0 Å². The fraction of sp³-hybridized carbons (Fsp3) is 0.0571. The fourth-order valence-corrected chi connectivity index (χ4v) is 10.5. The van der Waals surface area contributed by atoms with Crippen molar-refractivity contribution in [3.05, 3.63) is 273 Å². The predicted molar refractivity (Wildman–Crippen MR) is 310 cm³/mol. The van der Waals surface area contributed by atoms with E-state index in [9.17, 15) is 4.11 Å². The molecule has 0 saturated heterocycles. The minimum atomic E-state index is -0.292. The summed E-state index contributed by atoms with van der Waals surface area (Å²) in [6.07, 6.45) is 1.98. The zero-order valence-corrected chi connectivity index (χ0v) is 44.3. The van der Waals surface area contributed by atoms with E-state index in [1.807, 2.05) is 115 Å². The number of anilines is 4. The Balaban J connectivity index is 0.00000623. The molecule has 0 aliphatic carbocycles. The SMILES string of the molecule is [2H]c1c(Oc2[c-]c3c(cc2-c2ccccc2)c2cc(-c4ccccc4)ccc2n3-c2cc(C(C)(C)C)c(-c3ccccc3)cn2)[c-]c(N2[CH-]N(c3c(-c4ccccc4)cccc3-c3ccccc3)c3ccccc32)c([2H])c1[2H].[Pt]. The van der Waals surface area contributed by atoms with Gasteiger partial charge in [-0.25, -0.2) is 4.98 Å². The normalized spacial score (nSPS) is 12.8. The van der Waals surface area contributed by atoms with Crippen molar-refractivity contribution in [2.24, 2.45) is 0 Å². The molecule has 1 aliphatic heterocycles. The molecule has 76 heavy (non-hydrogen) atoms. The van der Waals surface area contributed by atoms with Crippen LogP contribution in [-0.2, 0) is 26.5 Å². The number of pyridine rings is 1. The number of hydrogen-bond acceptors (Lipinski definition) is 4. The van der Waals surface area contributed by atoms with Crippen LogP contribution in [0.15, 0.2) is 249 Å². The number of benzene rings is 10. The van der Waals surface area contributed by atoms with E-state index in [0.717, 1.165) is 106 Å². The standard InChI is InChI=1S/C70H51N4O.Pt/c1-70(2,3)62-44-68(71-46-61(62)52-31-17-8-18-32-52)74-63-40-39-53(48-23-9-4-10-24-48)41-59(63)60-43-58(51-29-15-7-16-30-51)67(45-66(60)74)75-55-34-21-33-54(42-55)72-47-73(65-38-20-19-37-64(65)72)69-56(49-25-11-5-12-26-49)35-22-36-57(69)50-27-13-6-14-28-50;/h4-41,43-44,46-47H,1-3H3;/q-3;/i21D,33D,34D;. The summed E-state index contributed by atoms with van der Waals surface area (Å²) in [6, 6.07) is 83.3. The van der Waals surface area contributed by atoms with Gasteiger partial charge in [-0.3, -0.25) is 0 Å². The van der Waals surface area contributed by atoms with Crippen LogP contribution in [0.1, 0.15) is 30.4 Å². The van der Waals surface area contributed by atoms with Gasteiger partial charge in [0.1, 0.15) is 5.82 Å². The van der Waals surface area contributed by atoms with Gasteiger partial charge in [0, 0.05) is 79.4 Å². The molecule has 1 aliphatic rings. The van der Waals surface area contributed by atoms with Crippen LogP contribution in [-0.4, -0.2) is 9.55 Å². The van der Waals surface area contributed by atoms with Crippen LogP contribution < -0.4 is 14.5 Å². The average Bonchev–Trinajstić information content (AvgIpc) is 4.23. The summed E-state index contributed by atoms with van der Waals surface area (Å²) in [5, 5.41) is 1.95. The van der Waals surface area contributed by atoms with E-state index in [1.54, 1.807) is 0 Å². The fourth-order valence-electron chi connectivity index (χ4n) is 10.5. The zero-order valence-electron chi connectivity index (χ0n) is 45.0. The molecule has 12 aromatic rings. The van der Waals surface area contributed by atoms with Crippen molar-refractivity contribution < 1.29 is 29.9 Å². The average molecular weight is 1160 g/mol. The molecule has 0 unspecified atom stereocenters. The second-order valence-electron chi connectivity index (χ2n) is 19.8. The Labute approximate surface area is 463 Å². The Morgan fingerprint density at radius 3 is 1.63 bits per heavy atom. The molecule has 6 heteroatoms. The largest absolute Gasteiger partial charge is 0.509 e. The molecule has 0 radical (unpaired) electrons. The molecular weight excluding hydrogens is 1110 g/mol. The third-order valence-corrected chi connectivity index (χ3v) is 14.1. The van der Waals surface area contributed by atoms with Crippen molar-refractivity contribution in [1.29, 1.82) is 0 Å². The molecular formula is C70H51N4OPt-3. The minimum absolute atomic E-state index is 0. The van der Waals surface area contributed by atoms with Crippen molar-refractivity contribution in [2.45, 2.75) is 26.2 Å². The summed E-state index contributed by atoms with van der Waals surface area (Å²) >= 11 is 0. The quantitative estimate of drug-likeness (QED) is 0.128. The van der Waals surface area contributed by atoms with Gasteiger partial charge in [-0.05, 0) is 71.2 Å². The molecule has 3 heterocycles. The van der Waals surface area contributed by atoms with E-state index >= 15 is 0 Å². The topological polar surface area (TPSA) is 33.5 Å². The first kappa shape index (κ1) is 44.7. The summed E-state index contributed by atoms with van der Waals surface area (Å²) in [5.41, 5.74) is 15.6. The van der Waals surface area contributed by atoms with E-state index in [0.29, 0.717) is 5.75 Å². The van der Waals surface area contributed by atoms with Crippen molar-refractivity contribution in [3.63, 3.8) is 0 Å². The van der Waals surface area contributed by atoms with E-state index < -0.39 is 0 Å². The van der Waals surface area contributed by atoms with Crippen molar-refractivity contribution in [2.75, 3.05) is 9.80 Å². The second-order valence-corrected chi connectivity index (χ2v) is 19.8. The van der Waals surface area contributed by atoms with Gasteiger partial charge in [0.2, 0.25) is 0 Å². The minimum Gasteiger partial charge on any atom is -0.509 e. The molecule has 5 nitrogen and oxygen atoms in total. The first-order valence-corrected chi connectivity index (χ1v) is 25.3. The summed E-state index contributed by atoms with van der Waals surface area (Å²) in [7, 11) is 0. The van der Waals surface area contributed by atoms with Gasteiger partial charge in [-0.15, -0.1) is 42.0 Å². The van der Waals surface area contributed by atoms with E-state index in [1.165, 1.54) is 0 Å². The van der Waals surface area contributed by atoms with Gasteiger partial charge in [0.05, 0.1) is 0 Å².